The second kappa shape index (κ2) is 15.4. The van der Waals surface area contributed by atoms with Crippen molar-refractivity contribution >= 4 is 5.84 Å². The van der Waals surface area contributed by atoms with Gasteiger partial charge in [0.2, 0.25) is 0 Å². The van der Waals surface area contributed by atoms with E-state index < -0.39 is 0 Å². The van der Waals surface area contributed by atoms with Gasteiger partial charge in [-0.25, -0.2) is 4.99 Å². The van der Waals surface area contributed by atoms with Gasteiger partial charge in [-0.05, 0) is 32.6 Å². The second-order valence-electron chi connectivity index (χ2n) is 7.88. The summed E-state index contributed by atoms with van der Waals surface area (Å²) in [6, 6.07) is 0. The maximum Gasteiger partial charge on any atom is 0.198 e. The number of rotatable bonds is 17. The number of nitrogens with zero attached hydrogens (tertiary/aromatic N) is 2. The van der Waals surface area contributed by atoms with Gasteiger partial charge in [0.25, 0.3) is 0 Å². The minimum absolute atomic E-state index is 0.280. The molecule has 0 amide bonds. The zero-order valence-corrected chi connectivity index (χ0v) is 17.7. The Balaban J connectivity index is 1.93. The molecule has 0 aromatic rings. The van der Waals surface area contributed by atoms with Crippen LogP contribution in [0, 0.1) is 0 Å². The summed E-state index contributed by atoms with van der Waals surface area (Å²) in [7, 11) is 0. The number of aliphatic hydroxyl groups excluding tert-OH is 1. The van der Waals surface area contributed by atoms with E-state index in [4.69, 9.17) is 4.99 Å². The highest BCUT2D eigenvalue weighted by atomic mass is 16.3. The van der Waals surface area contributed by atoms with Crippen LogP contribution in [0.3, 0.4) is 0 Å². The Morgan fingerprint density at radius 1 is 0.885 bits per heavy atom. The molecule has 26 heavy (non-hydrogen) atoms. The molecule has 0 aliphatic carbocycles. The molecule has 1 rings (SSSR count). The summed E-state index contributed by atoms with van der Waals surface area (Å²) in [4.78, 5) is 4.75. The lowest BCUT2D eigenvalue weighted by atomic mass is 10.0. The first kappa shape index (κ1) is 23.4. The summed E-state index contributed by atoms with van der Waals surface area (Å²) in [5, 5.41) is 9.36. The molecule has 3 heteroatoms. The number of likely N-dealkylation sites (N-methyl/N-ethyl adjacent to an activating group) is 1. The predicted octanol–water partition coefficient (Wildman–Crippen LogP) is 5.87. The number of allylic oxidation sites excluding steroid dienone is 2. The normalized spacial score (nSPS) is 20.2. The van der Waals surface area contributed by atoms with Crippen molar-refractivity contribution in [3.05, 3.63) is 12.2 Å². The molecule has 1 aliphatic rings. The van der Waals surface area contributed by atoms with Gasteiger partial charge < -0.3 is 5.11 Å². The number of aliphatic imine (C=N–C) groups is 1. The number of hydrogen-bond donors (Lipinski definition) is 1. The van der Waals surface area contributed by atoms with Crippen LogP contribution in [0.4, 0.5) is 0 Å². The van der Waals surface area contributed by atoms with Crippen LogP contribution in [0.25, 0.3) is 0 Å². The molecule has 1 aliphatic heterocycles. The summed E-state index contributed by atoms with van der Waals surface area (Å²) in [5.74, 6) is 1.36. The van der Waals surface area contributed by atoms with Crippen molar-refractivity contribution in [1.29, 1.82) is 0 Å². The van der Waals surface area contributed by atoms with Gasteiger partial charge in [0.1, 0.15) is 13.1 Å². The first-order valence-corrected chi connectivity index (χ1v) is 11.4. The molecule has 1 atom stereocenters. The van der Waals surface area contributed by atoms with Gasteiger partial charge >= 0.3 is 0 Å². The molecule has 0 aromatic carbocycles. The molecule has 1 heterocycles. The van der Waals surface area contributed by atoms with E-state index in [-0.39, 0.29) is 6.61 Å². The number of aliphatic hydroxyl groups is 1. The minimum atomic E-state index is 0.280. The number of amidine groups is 1. The van der Waals surface area contributed by atoms with Gasteiger partial charge in [0.15, 0.2) is 5.84 Å². The predicted molar refractivity (Wildman–Crippen MR) is 115 cm³/mol. The van der Waals surface area contributed by atoms with E-state index in [0.717, 1.165) is 37.1 Å². The second-order valence-corrected chi connectivity index (χ2v) is 7.88. The van der Waals surface area contributed by atoms with Gasteiger partial charge in [-0.3, -0.25) is 4.48 Å². The fourth-order valence-corrected chi connectivity index (χ4v) is 4.14. The van der Waals surface area contributed by atoms with Crippen LogP contribution in [0.2, 0.25) is 0 Å². The summed E-state index contributed by atoms with van der Waals surface area (Å²) in [6.07, 6.45) is 22.0. The Kier molecular flexibility index (Phi) is 13.8. The molecule has 0 spiro atoms. The van der Waals surface area contributed by atoms with E-state index in [2.05, 4.69) is 26.0 Å². The minimum Gasteiger partial charge on any atom is -0.390 e. The first-order valence-electron chi connectivity index (χ1n) is 11.4. The number of hydrogen-bond acceptors (Lipinski definition) is 2. The third-order valence-electron chi connectivity index (χ3n) is 5.93. The van der Waals surface area contributed by atoms with E-state index in [1.807, 2.05) is 0 Å². The van der Waals surface area contributed by atoms with Crippen molar-refractivity contribution in [2.75, 3.05) is 32.8 Å². The molecule has 1 N–H and O–H groups in total. The molecule has 0 bridgehead atoms. The molecule has 3 nitrogen and oxygen atoms in total. The van der Waals surface area contributed by atoms with E-state index in [1.165, 1.54) is 82.9 Å². The molecule has 0 radical (unpaired) electrons. The Bertz CT molecular complexity index is 392. The highest BCUT2D eigenvalue weighted by Gasteiger charge is 2.35. The van der Waals surface area contributed by atoms with E-state index >= 15 is 0 Å². The Morgan fingerprint density at radius 3 is 2.08 bits per heavy atom. The smallest absolute Gasteiger partial charge is 0.198 e. The highest BCUT2D eigenvalue weighted by Crippen LogP contribution is 2.20. The number of quaternary nitrogens is 1. The van der Waals surface area contributed by atoms with Gasteiger partial charge in [0.05, 0.1) is 19.7 Å². The average Bonchev–Trinajstić information content (AvgIpc) is 3.05. The summed E-state index contributed by atoms with van der Waals surface area (Å²) < 4.78 is 0.949. The highest BCUT2D eigenvalue weighted by molar-refractivity contribution is 5.76. The zero-order valence-electron chi connectivity index (χ0n) is 17.7. The van der Waals surface area contributed by atoms with Crippen molar-refractivity contribution in [3.8, 4) is 0 Å². The van der Waals surface area contributed by atoms with Crippen molar-refractivity contribution < 1.29 is 9.59 Å². The topological polar surface area (TPSA) is 32.6 Å². The lowest BCUT2D eigenvalue weighted by molar-refractivity contribution is -0.835. The van der Waals surface area contributed by atoms with E-state index in [9.17, 15) is 5.11 Å². The van der Waals surface area contributed by atoms with Crippen molar-refractivity contribution in [2.24, 2.45) is 4.99 Å². The number of unbranched alkanes of at least 4 members (excludes halogenated alkanes) is 10. The fourth-order valence-electron chi connectivity index (χ4n) is 4.14. The van der Waals surface area contributed by atoms with Crippen LogP contribution >= 0.6 is 0 Å². The van der Waals surface area contributed by atoms with E-state index in [0.29, 0.717) is 0 Å². The van der Waals surface area contributed by atoms with Gasteiger partial charge in [-0.15, -0.1) is 0 Å². The lowest BCUT2D eigenvalue weighted by Gasteiger charge is -2.33. The standard InChI is InChI=1S/C23H45N2O/c1-3-5-6-7-8-9-10-11-12-13-14-15-16-17-18-23-24-19-20-25(23,4-2)21-22-26/h5-6,26H,3-4,7-22H2,1-2H3/q+1/b6-5+. The maximum atomic E-state index is 9.36. The summed E-state index contributed by atoms with van der Waals surface area (Å²) in [6.45, 7) is 8.70. The van der Waals surface area contributed by atoms with E-state index in [1.54, 1.807) is 0 Å². The average molecular weight is 366 g/mol. The summed E-state index contributed by atoms with van der Waals surface area (Å²) in [5.41, 5.74) is 0. The van der Waals surface area contributed by atoms with Gasteiger partial charge in [-0.2, -0.15) is 0 Å². The maximum absolute atomic E-state index is 9.36. The first-order chi connectivity index (χ1) is 12.8. The SMILES string of the molecule is CC/C=C/CCCCCCCCCCCCC1=NCC[N+]1(CC)CCO. The van der Waals surface area contributed by atoms with Gasteiger partial charge in [-0.1, -0.05) is 70.4 Å². The Labute approximate surface area is 163 Å². The van der Waals surface area contributed by atoms with Crippen molar-refractivity contribution in [3.63, 3.8) is 0 Å². The summed E-state index contributed by atoms with van der Waals surface area (Å²) >= 11 is 0. The fraction of sp³-hybridized carbons (Fsp3) is 0.870. The third kappa shape index (κ3) is 9.32. The van der Waals surface area contributed by atoms with Crippen LogP contribution < -0.4 is 0 Å². The van der Waals surface area contributed by atoms with Crippen LogP contribution in [-0.4, -0.2) is 48.2 Å². The Hall–Kier alpha value is -0.670. The Morgan fingerprint density at radius 2 is 1.50 bits per heavy atom. The van der Waals surface area contributed by atoms with Crippen LogP contribution in [0.15, 0.2) is 17.1 Å². The van der Waals surface area contributed by atoms with Crippen LogP contribution in [0.5, 0.6) is 0 Å². The molecule has 1 unspecified atom stereocenters. The molecular weight excluding hydrogens is 320 g/mol. The molecule has 0 saturated heterocycles. The molecule has 152 valence electrons. The third-order valence-corrected chi connectivity index (χ3v) is 5.93. The van der Waals surface area contributed by atoms with Crippen LogP contribution in [-0.2, 0) is 0 Å². The monoisotopic (exact) mass is 365 g/mol. The van der Waals surface area contributed by atoms with Crippen molar-refractivity contribution in [1.82, 2.24) is 0 Å². The molecule has 0 saturated carbocycles. The van der Waals surface area contributed by atoms with Gasteiger partial charge in [0, 0.05) is 6.42 Å². The lowest BCUT2D eigenvalue weighted by Crippen LogP contribution is -2.52. The molecule has 0 aromatic heterocycles. The zero-order chi connectivity index (χ0) is 18.9. The molecular formula is C23H45N2O+. The quantitative estimate of drug-likeness (QED) is 0.195. The largest absolute Gasteiger partial charge is 0.390 e. The van der Waals surface area contributed by atoms with Crippen LogP contribution in [0.1, 0.15) is 97.3 Å². The van der Waals surface area contributed by atoms with Crippen molar-refractivity contribution in [2.45, 2.75) is 97.3 Å². The molecule has 0 fully saturated rings.